The molecule has 0 aromatic heterocycles. The number of nitrogens with one attached hydrogen (secondary N) is 1. The number of carboxylic acids is 1. The Morgan fingerprint density at radius 2 is 2.08 bits per heavy atom. The van der Waals surface area contributed by atoms with E-state index in [9.17, 15) is 14.7 Å². The van der Waals surface area contributed by atoms with E-state index < -0.39 is 12.0 Å². The maximum Gasteiger partial charge on any atom is 0.326 e. The molecule has 24 heavy (non-hydrogen) atoms. The molecule has 1 heterocycles. The van der Waals surface area contributed by atoms with Gasteiger partial charge in [-0.05, 0) is 55.6 Å². The number of aliphatic carboxylic acids is 1. The zero-order valence-electron chi connectivity index (χ0n) is 13.9. The Labute approximate surface area is 142 Å². The van der Waals surface area contributed by atoms with Crippen LogP contribution in [0.4, 0.5) is 0 Å². The summed E-state index contributed by atoms with van der Waals surface area (Å²) in [6, 6.07) is 7.40. The maximum absolute atomic E-state index is 12.1. The van der Waals surface area contributed by atoms with Crippen LogP contribution in [0.5, 0.6) is 0 Å². The molecule has 0 saturated carbocycles. The molecule has 1 aliphatic carbocycles. The fraction of sp³-hybridized carbons (Fsp3) is 0.579. The minimum Gasteiger partial charge on any atom is -0.480 e. The summed E-state index contributed by atoms with van der Waals surface area (Å²) >= 11 is 0. The minimum atomic E-state index is -0.959. The second-order valence-electron chi connectivity index (χ2n) is 6.82. The number of amides is 1. The van der Waals surface area contributed by atoms with Gasteiger partial charge < -0.3 is 15.2 Å². The molecule has 0 spiro atoms. The normalized spacial score (nSPS) is 24.2. The van der Waals surface area contributed by atoms with Gasteiger partial charge in [0.15, 0.2) is 0 Å². The van der Waals surface area contributed by atoms with Gasteiger partial charge in [-0.3, -0.25) is 4.79 Å². The van der Waals surface area contributed by atoms with Gasteiger partial charge in [0.05, 0.1) is 12.5 Å². The Morgan fingerprint density at radius 1 is 1.25 bits per heavy atom. The molecule has 5 nitrogen and oxygen atoms in total. The number of carbonyl (C=O) groups is 2. The van der Waals surface area contributed by atoms with E-state index in [0.29, 0.717) is 13.0 Å². The second kappa shape index (κ2) is 7.79. The number of fused-ring (bicyclic) bond motifs is 1. The van der Waals surface area contributed by atoms with Crippen LogP contribution in [0, 0.1) is 0 Å². The number of carbonyl (C=O) groups excluding carboxylic acids is 1. The number of ether oxygens (including phenoxy) is 1. The van der Waals surface area contributed by atoms with Gasteiger partial charge in [-0.25, -0.2) is 4.79 Å². The number of carboxylic acid groups (broad SMARTS) is 1. The zero-order valence-corrected chi connectivity index (χ0v) is 13.9. The van der Waals surface area contributed by atoms with Crippen LogP contribution in [0.15, 0.2) is 24.3 Å². The molecule has 3 atom stereocenters. The van der Waals surface area contributed by atoms with Gasteiger partial charge in [-0.15, -0.1) is 0 Å². The summed E-state index contributed by atoms with van der Waals surface area (Å²) in [5, 5.41) is 12.2. The Bertz CT molecular complexity index is 595. The molecule has 1 saturated heterocycles. The molecule has 2 aliphatic rings. The Morgan fingerprint density at radius 3 is 2.83 bits per heavy atom. The smallest absolute Gasteiger partial charge is 0.326 e. The number of hydrogen-bond acceptors (Lipinski definition) is 3. The molecule has 0 radical (unpaired) electrons. The van der Waals surface area contributed by atoms with Gasteiger partial charge in [0.25, 0.3) is 0 Å². The minimum absolute atomic E-state index is 0.0603. The average molecular weight is 331 g/mol. The largest absolute Gasteiger partial charge is 0.480 e. The Balaban J connectivity index is 1.62. The maximum atomic E-state index is 12.1. The third kappa shape index (κ3) is 4.15. The van der Waals surface area contributed by atoms with Crippen molar-refractivity contribution in [2.45, 2.75) is 63.0 Å². The zero-order chi connectivity index (χ0) is 16.9. The first-order chi connectivity index (χ1) is 11.6. The van der Waals surface area contributed by atoms with Crippen LogP contribution in [0.2, 0.25) is 0 Å². The molecule has 3 unspecified atom stereocenters. The lowest BCUT2D eigenvalue weighted by molar-refractivity contribution is -0.142. The van der Waals surface area contributed by atoms with E-state index >= 15 is 0 Å². The van der Waals surface area contributed by atoms with Crippen molar-refractivity contribution in [3.8, 4) is 0 Å². The summed E-state index contributed by atoms with van der Waals surface area (Å²) in [5.74, 6) is -0.990. The van der Waals surface area contributed by atoms with E-state index in [-0.39, 0.29) is 24.3 Å². The van der Waals surface area contributed by atoms with Crippen LogP contribution in [0.25, 0.3) is 0 Å². The summed E-state index contributed by atoms with van der Waals surface area (Å²) in [6.07, 6.45) is 5.58. The van der Waals surface area contributed by atoms with E-state index in [2.05, 4.69) is 17.4 Å². The summed E-state index contributed by atoms with van der Waals surface area (Å²) in [5.41, 5.74) is 2.55. The molecule has 1 aromatic rings. The molecule has 1 aromatic carbocycles. The van der Waals surface area contributed by atoms with Crippen LogP contribution >= 0.6 is 0 Å². The molecular formula is C19H25NO4. The van der Waals surface area contributed by atoms with E-state index in [1.165, 1.54) is 11.1 Å². The first-order valence-electron chi connectivity index (χ1n) is 8.85. The van der Waals surface area contributed by atoms with Crippen LogP contribution in [0.3, 0.4) is 0 Å². The molecule has 1 fully saturated rings. The van der Waals surface area contributed by atoms with Gasteiger partial charge in [0.1, 0.15) is 6.04 Å². The van der Waals surface area contributed by atoms with Crippen molar-refractivity contribution >= 4 is 11.9 Å². The van der Waals surface area contributed by atoms with Crippen LogP contribution in [-0.2, 0) is 20.7 Å². The van der Waals surface area contributed by atoms with Crippen molar-refractivity contribution in [3.05, 3.63) is 35.4 Å². The lowest BCUT2D eigenvalue weighted by atomic mass is 9.79. The predicted octanol–water partition coefficient (Wildman–Crippen LogP) is 2.64. The van der Waals surface area contributed by atoms with Gasteiger partial charge >= 0.3 is 5.97 Å². The molecule has 1 amide bonds. The van der Waals surface area contributed by atoms with Crippen molar-refractivity contribution in [3.63, 3.8) is 0 Å². The van der Waals surface area contributed by atoms with Crippen LogP contribution < -0.4 is 5.32 Å². The van der Waals surface area contributed by atoms with Crippen molar-refractivity contribution < 1.29 is 19.4 Å². The third-order valence-corrected chi connectivity index (χ3v) is 5.08. The van der Waals surface area contributed by atoms with Crippen molar-refractivity contribution in [2.75, 3.05) is 6.61 Å². The van der Waals surface area contributed by atoms with Gasteiger partial charge in [0.2, 0.25) is 5.91 Å². The summed E-state index contributed by atoms with van der Waals surface area (Å²) in [6.45, 7) is 0.694. The molecule has 0 bridgehead atoms. The summed E-state index contributed by atoms with van der Waals surface area (Å²) < 4.78 is 5.45. The van der Waals surface area contributed by atoms with E-state index in [0.717, 1.165) is 32.1 Å². The molecule has 5 heteroatoms. The number of aryl methyl sites for hydroxylation is 1. The SMILES string of the molecule is O=C(CC1CCCO1)NC(CC1CCCc2ccccc21)C(=O)O. The summed E-state index contributed by atoms with van der Waals surface area (Å²) in [7, 11) is 0. The molecule has 130 valence electrons. The fourth-order valence-electron chi connectivity index (χ4n) is 3.87. The Kier molecular flexibility index (Phi) is 5.51. The lowest BCUT2D eigenvalue weighted by Crippen LogP contribution is -2.43. The first kappa shape index (κ1) is 17.0. The molecular weight excluding hydrogens is 306 g/mol. The lowest BCUT2D eigenvalue weighted by Gasteiger charge is -2.28. The van der Waals surface area contributed by atoms with Crippen molar-refractivity contribution in [1.29, 1.82) is 0 Å². The second-order valence-corrected chi connectivity index (χ2v) is 6.82. The number of hydrogen-bond donors (Lipinski definition) is 2. The molecule has 1 aliphatic heterocycles. The Hall–Kier alpha value is -1.88. The van der Waals surface area contributed by atoms with Gasteiger partial charge in [0, 0.05) is 6.61 Å². The number of benzene rings is 1. The third-order valence-electron chi connectivity index (χ3n) is 5.08. The monoisotopic (exact) mass is 331 g/mol. The van der Waals surface area contributed by atoms with E-state index in [1.807, 2.05) is 12.1 Å². The van der Waals surface area contributed by atoms with E-state index in [4.69, 9.17) is 4.74 Å². The predicted molar refractivity (Wildman–Crippen MR) is 89.9 cm³/mol. The topological polar surface area (TPSA) is 75.6 Å². The van der Waals surface area contributed by atoms with E-state index in [1.54, 1.807) is 0 Å². The highest BCUT2D eigenvalue weighted by molar-refractivity contribution is 5.83. The van der Waals surface area contributed by atoms with Crippen molar-refractivity contribution in [2.24, 2.45) is 0 Å². The standard InChI is InChI=1S/C19H25NO4/c21-18(12-15-8-4-10-24-15)20-17(19(22)23)11-14-7-3-6-13-5-1-2-9-16(13)14/h1-2,5,9,14-15,17H,3-4,6-8,10-12H2,(H,20,21)(H,22,23). The average Bonchev–Trinajstić information content (AvgIpc) is 3.07. The highest BCUT2D eigenvalue weighted by Gasteiger charge is 2.29. The highest BCUT2D eigenvalue weighted by Crippen LogP contribution is 2.34. The first-order valence-corrected chi connectivity index (χ1v) is 8.85. The summed E-state index contributed by atoms with van der Waals surface area (Å²) in [4.78, 5) is 23.8. The quantitative estimate of drug-likeness (QED) is 0.840. The number of rotatable bonds is 6. The molecule has 2 N–H and O–H groups in total. The van der Waals surface area contributed by atoms with Crippen LogP contribution in [-0.4, -0.2) is 35.7 Å². The van der Waals surface area contributed by atoms with Gasteiger partial charge in [-0.2, -0.15) is 0 Å². The van der Waals surface area contributed by atoms with Gasteiger partial charge in [-0.1, -0.05) is 24.3 Å². The fourth-order valence-corrected chi connectivity index (χ4v) is 3.87. The molecule has 3 rings (SSSR count). The highest BCUT2D eigenvalue weighted by atomic mass is 16.5. The van der Waals surface area contributed by atoms with Crippen molar-refractivity contribution in [1.82, 2.24) is 5.32 Å². The van der Waals surface area contributed by atoms with Crippen LogP contribution in [0.1, 0.15) is 55.6 Å².